The van der Waals surface area contributed by atoms with Crippen LogP contribution in [0.25, 0.3) is 10.8 Å². The number of fused-ring (bicyclic) bond motifs is 1. The summed E-state index contributed by atoms with van der Waals surface area (Å²) in [6.45, 7) is 8.36. The van der Waals surface area contributed by atoms with E-state index in [1.54, 1.807) is 0 Å². The summed E-state index contributed by atoms with van der Waals surface area (Å²) in [7, 11) is -2.44. The molecule has 2 rings (SSSR count). The molecule has 144 valence electrons. The average molecular weight is 373 g/mol. The molecule has 0 aliphatic carbocycles. The Labute approximate surface area is 161 Å². The third-order valence-electron chi connectivity index (χ3n) is 4.95. The largest absolute Gasteiger partial charge is 0.391 e. The number of rotatable bonds is 13. The monoisotopic (exact) mass is 372 g/mol. The van der Waals surface area contributed by atoms with Crippen LogP contribution in [0.3, 0.4) is 0 Å². The number of hydrogen-bond donors (Lipinski definition) is 0. The first-order chi connectivity index (χ1) is 12.8. The standard InChI is InChI=1S/C23H36O2Si/c1-4-7-11-18-24-26(20-6-3,25-19-12-8-5-2)23-17-13-15-21-14-9-10-16-22(21)23/h9-10,13-17H,4-8,11-12,18-20H2,1-3H3. The van der Waals surface area contributed by atoms with E-state index < -0.39 is 8.56 Å². The average Bonchev–Trinajstić information content (AvgIpc) is 2.68. The molecule has 0 aliphatic rings. The van der Waals surface area contributed by atoms with Crippen molar-refractivity contribution in [1.82, 2.24) is 0 Å². The maximum absolute atomic E-state index is 6.66. The second-order valence-corrected chi connectivity index (χ2v) is 10.3. The molecule has 0 atom stereocenters. The van der Waals surface area contributed by atoms with E-state index in [0.29, 0.717) is 0 Å². The van der Waals surface area contributed by atoms with Gasteiger partial charge in [0.2, 0.25) is 0 Å². The lowest BCUT2D eigenvalue weighted by molar-refractivity contribution is 0.173. The predicted octanol–water partition coefficient (Wildman–Crippen LogP) is 6.31. The fourth-order valence-corrected chi connectivity index (χ4v) is 7.09. The van der Waals surface area contributed by atoms with Gasteiger partial charge in [0, 0.05) is 18.4 Å². The minimum absolute atomic E-state index is 0.817. The van der Waals surface area contributed by atoms with Crippen molar-refractivity contribution in [3.63, 3.8) is 0 Å². The lowest BCUT2D eigenvalue weighted by Crippen LogP contribution is -2.54. The minimum Gasteiger partial charge on any atom is -0.391 e. The molecule has 0 fully saturated rings. The molecule has 0 aliphatic heterocycles. The molecule has 0 saturated heterocycles. The second-order valence-electron chi connectivity index (χ2n) is 7.14. The Balaban J connectivity index is 2.34. The van der Waals surface area contributed by atoms with Crippen LogP contribution in [0.2, 0.25) is 6.04 Å². The summed E-state index contributed by atoms with van der Waals surface area (Å²) in [4.78, 5) is 0. The molecule has 0 unspecified atom stereocenters. The van der Waals surface area contributed by atoms with Crippen LogP contribution in [-0.2, 0) is 8.85 Å². The Kier molecular flexibility index (Phi) is 9.37. The molecule has 0 spiro atoms. The van der Waals surface area contributed by atoms with Crippen molar-refractivity contribution in [2.45, 2.75) is 71.8 Å². The van der Waals surface area contributed by atoms with Gasteiger partial charge in [0.15, 0.2) is 0 Å². The van der Waals surface area contributed by atoms with Crippen LogP contribution < -0.4 is 5.19 Å². The third kappa shape index (κ3) is 5.67. The highest BCUT2D eigenvalue weighted by atomic mass is 28.4. The van der Waals surface area contributed by atoms with Crippen molar-refractivity contribution in [3.05, 3.63) is 42.5 Å². The summed E-state index contributed by atoms with van der Waals surface area (Å²) < 4.78 is 13.3. The zero-order chi connectivity index (χ0) is 18.7. The maximum Gasteiger partial charge on any atom is 0.373 e. The quantitative estimate of drug-likeness (QED) is 0.303. The molecule has 0 N–H and O–H groups in total. The zero-order valence-electron chi connectivity index (χ0n) is 16.9. The molecule has 0 radical (unpaired) electrons. The van der Waals surface area contributed by atoms with Crippen LogP contribution in [0.15, 0.2) is 42.5 Å². The molecule has 0 saturated carbocycles. The number of unbranched alkanes of at least 4 members (excludes halogenated alkanes) is 4. The molecule has 3 heteroatoms. The van der Waals surface area contributed by atoms with Crippen LogP contribution in [-0.4, -0.2) is 21.8 Å². The summed E-state index contributed by atoms with van der Waals surface area (Å²) in [5.41, 5.74) is 0. The summed E-state index contributed by atoms with van der Waals surface area (Å²) >= 11 is 0. The van der Waals surface area contributed by atoms with Crippen molar-refractivity contribution in [1.29, 1.82) is 0 Å². The van der Waals surface area contributed by atoms with E-state index in [1.165, 1.54) is 41.6 Å². The summed E-state index contributed by atoms with van der Waals surface area (Å²) in [5, 5.41) is 3.92. The molecule has 0 aromatic heterocycles. The fraction of sp³-hybridized carbons (Fsp3) is 0.565. The van der Waals surface area contributed by atoms with Gasteiger partial charge in [0.05, 0.1) is 0 Å². The van der Waals surface area contributed by atoms with Gasteiger partial charge in [-0.2, -0.15) is 0 Å². The first kappa shape index (κ1) is 21.1. The Morgan fingerprint density at radius 3 is 1.92 bits per heavy atom. The van der Waals surface area contributed by atoms with E-state index in [1.807, 2.05) is 0 Å². The van der Waals surface area contributed by atoms with Gasteiger partial charge in [-0.1, -0.05) is 95.3 Å². The Hall–Kier alpha value is -1.16. The lowest BCUT2D eigenvalue weighted by Gasteiger charge is -2.32. The fourth-order valence-electron chi connectivity index (χ4n) is 3.54. The van der Waals surface area contributed by atoms with Gasteiger partial charge in [0.25, 0.3) is 0 Å². The number of benzene rings is 2. The van der Waals surface area contributed by atoms with Gasteiger partial charge < -0.3 is 8.85 Å². The molecule has 2 nitrogen and oxygen atoms in total. The third-order valence-corrected chi connectivity index (χ3v) is 8.70. The van der Waals surface area contributed by atoms with E-state index in [2.05, 4.69) is 63.2 Å². The predicted molar refractivity (Wildman–Crippen MR) is 115 cm³/mol. The van der Waals surface area contributed by atoms with Gasteiger partial charge in [0.1, 0.15) is 0 Å². The van der Waals surface area contributed by atoms with Crippen molar-refractivity contribution in [2.24, 2.45) is 0 Å². The highest BCUT2D eigenvalue weighted by Gasteiger charge is 2.40. The SMILES string of the molecule is CCCCCO[Si](CCC)(OCCCCC)c1cccc2ccccc12. The van der Waals surface area contributed by atoms with E-state index in [9.17, 15) is 0 Å². The van der Waals surface area contributed by atoms with Crippen molar-refractivity contribution in [2.75, 3.05) is 13.2 Å². The Morgan fingerprint density at radius 2 is 1.31 bits per heavy atom. The van der Waals surface area contributed by atoms with Gasteiger partial charge in [-0.05, 0) is 29.7 Å². The molecular weight excluding hydrogens is 336 g/mol. The highest BCUT2D eigenvalue weighted by molar-refractivity contribution is 6.83. The highest BCUT2D eigenvalue weighted by Crippen LogP contribution is 2.23. The molecule has 0 bridgehead atoms. The van der Waals surface area contributed by atoms with Crippen LogP contribution in [0.5, 0.6) is 0 Å². The van der Waals surface area contributed by atoms with Crippen LogP contribution in [0.1, 0.15) is 65.7 Å². The van der Waals surface area contributed by atoms with Gasteiger partial charge in [-0.25, -0.2) is 0 Å². The molecule has 26 heavy (non-hydrogen) atoms. The summed E-state index contributed by atoms with van der Waals surface area (Å²) in [5.74, 6) is 0. The normalized spacial score (nSPS) is 12.0. The molecule has 0 heterocycles. The van der Waals surface area contributed by atoms with Crippen LogP contribution >= 0.6 is 0 Å². The van der Waals surface area contributed by atoms with E-state index >= 15 is 0 Å². The smallest absolute Gasteiger partial charge is 0.373 e. The molecule has 0 amide bonds. The van der Waals surface area contributed by atoms with Crippen LogP contribution in [0, 0.1) is 0 Å². The van der Waals surface area contributed by atoms with E-state index in [4.69, 9.17) is 8.85 Å². The Morgan fingerprint density at radius 1 is 0.692 bits per heavy atom. The van der Waals surface area contributed by atoms with E-state index in [-0.39, 0.29) is 0 Å². The first-order valence-corrected chi connectivity index (χ1v) is 12.6. The lowest BCUT2D eigenvalue weighted by atomic mass is 10.1. The Bertz CT molecular complexity index is 624. The van der Waals surface area contributed by atoms with Gasteiger partial charge in [-0.3, -0.25) is 0 Å². The zero-order valence-corrected chi connectivity index (χ0v) is 17.9. The maximum atomic E-state index is 6.66. The van der Waals surface area contributed by atoms with Crippen LogP contribution in [0.4, 0.5) is 0 Å². The summed E-state index contributed by atoms with van der Waals surface area (Å²) in [6, 6.07) is 16.3. The van der Waals surface area contributed by atoms with Gasteiger partial charge in [-0.15, -0.1) is 0 Å². The van der Waals surface area contributed by atoms with Gasteiger partial charge >= 0.3 is 8.56 Å². The molecule has 2 aromatic carbocycles. The second kappa shape index (κ2) is 11.5. The topological polar surface area (TPSA) is 18.5 Å². The molecular formula is C23H36O2Si. The number of hydrogen-bond acceptors (Lipinski definition) is 2. The van der Waals surface area contributed by atoms with Crippen molar-refractivity contribution < 1.29 is 8.85 Å². The molecule has 2 aromatic rings. The minimum atomic E-state index is -2.44. The van der Waals surface area contributed by atoms with Crippen molar-refractivity contribution >= 4 is 24.5 Å². The van der Waals surface area contributed by atoms with Crippen molar-refractivity contribution in [3.8, 4) is 0 Å². The van der Waals surface area contributed by atoms with E-state index in [0.717, 1.165) is 38.5 Å². The summed E-state index contributed by atoms with van der Waals surface area (Å²) in [6.07, 6.45) is 8.23. The first-order valence-electron chi connectivity index (χ1n) is 10.5.